The lowest BCUT2D eigenvalue weighted by Crippen LogP contribution is -2.35. The van der Waals surface area contributed by atoms with Crippen molar-refractivity contribution in [3.63, 3.8) is 0 Å². The third-order valence-electron chi connectivity index (χ3n) is 8.98. The highest BCUT2D eigenvalue weighted by Crippen LogP contribution is 2.75. The molecule has 306 valence electrons. The van der Waals surface area contributed by atoms with Crippen molar-refractivity contribution >= 4 is 63.7 Å². The Bertz CT molecular complexity index is 1520. The normalized spacial score (nSPS) is 16.4. The van der Waals surface area contributed by atoms with Crippen LogP contribution in [0.1, 0.15) is 70.9 Å². The van der Waals surface area contributed by atoms with Crippen LogP contribution in [0.5, 0.6) is 11.5 Å². The Kier molecular flexibility index (Phi) is 21.8. The Morgan fingerprint density at radius 1 is 0.889 bits per heavy atom. The first kappa shape index (κ1) is 49.6. The maximum atomic E-state index is 12.9. The number of benzene rings is 2. The van der Waals surface area contributed by atoms with Crippen LogP contribution < -0.4 is 26.0 Å². The van der Waals surface area contributed by atoms with Crippen molar-refractivity contribution in [3.8, 4) is 11.5 Å². The van der Waals surface area contributed by atoms with E-state index in [1.54, 1.807) is 15.9 Å². The zero-order valence-corrected chi connectivity index (χ0v) is 39.3. The monoisotopic (exact) mass is 887 g/mol. The van der Waals surface area contributed by atoms with Crippen molar-refractivity contribution in [3.05, 3.63) is 59.7 Å². The second-order valence-corrected chi connectivity index (χ2v) is 28.5. The fraction of sp³-hybridized carbons (Fsp3) is 0.606. The van der Waals surface area contributed by atoms with Crippen molar-refractivity contribution in [1.29, 1.82) is 0 Å². The molecule has 0 aromatic heterocycles. The smallest absolute Gasteiger partial charge is 0.358 e. The minimum Gasteiger partial charge on any atom is -0.481 e. The molecule has 21 heteroatoms. The number of hydrogen-bond donors (Lipinski definition) is 3. The number of rotatable bonds is 27. The quantitative estimate of drug-likeness (QED) is 0.0437. The summed E-state index contributed by atoms with van der Waals surface area (Å²) in [6.45, 7) is 7.43. The van der Waals surface area contributed by atoms with Gasteiger partial charge in [0.1, 0.15) is 29.4 Å². The molecule has 6 unspecified atom stereocenters. The fourth-order valence-electron chi connectivity index (χ4n) is 5.25. The largest absolute Gasteiger partial charge is 0.481 e. The highest BCUT2D eigenvalue weighted by molar-refractivity contribution is 8.55. The molecule has 0 bridgehead atoms. The van der Waals surface area contributed by atoms with Crippen LogP contribution in [-0.2, 0) is 45.5 Å². The van der Waals surface area contributed by atoms with Crippen LogP contribution in [0.25, 0.3) is 0 Å². The molecule has 0 saturated carbocycles. The Balaban J connectivity index is 2.12. The molecular formula is C33H61N6O8P6S+. The highest BCUT2D eigenvalue weighted by atomic mass is 32.5. The van der Waals surface area contributed by atoms with Gasteiger partial charge in [-0.1, -0.05) is 39.3 Å². The number of ether oxygens (including phenoxy) is 2. The van der Waals surface area contributed by atoms with Gasteiger partial charge < -0.3 is 44.1 Å². The lowest BCUT2D eigenvalue weighted by Gasteiger charge is -2.40. The molecule has 6 N–H and O–H groups in total. The van der Waals surface area contributed by atoms with Crippen LogP contribution in [0.3, 0.4) is 0 Å². The van der Waals surface area contributed by atoms with E-state index in [1.807, 2.05) is 69.4 Å². The topological polar surface area (TPSA) is 186 Å². The van der Waals surface area contributed by atoms with E-state index in [9.17, 15) is 9.13 Å². The number of nitrogens with zero attached hydrogens (tertiary/aromatic N) is 3. The third kappa shape index (κ3) is 14.7. The van der Waals surface area contributed by atoms with Crippen LogP contribution in [0, 0.1) is 0 Å². The van der Waals surface area contributed by atoms with Gasteiger partial charge in [0.05, 0.1) is 21.0 Å². The third-order valence-corrected chi connectivity index (χ3v) is 24.9. The van der Waals surface area contributed by atoms with Gasteiger partial charge >= 0.3 is 22.0 Å². The summed E-state index contributed by atoms with van der Waals surface area (Å²) in [6.07, 6.45) is 6.49. The van der Waals surface area contributed by atoms with E-state index in [0.717, 1.165) is 42.6 Å². The van der Waals surface area contributed by atoms with Gasteiger partial charge in [-0.25, -0.2) is 0 Å². The van der Waals surface area contributed by atoms with E-state index in [0.29, 0.717) is 25.1 Å². The lowest BCUT2D eigenvalue weighted by atomic mass is 10.1. The number of unbranched alkanes of at least 4 members (excludes halogenated alkanes) is 1. The molecule has 0 radical (unpaired) electrons. The molecular weight excluding hydrogens is 826 g/mol. The second-order valence-electron chi connectivity index (χ2n) is 12.6. The summed E-state index contributed by atoms with van der Waals surface area (Å²) in [5.74, 6) is 1.42. The van der Waals surface area contributed by atoms with Crippen LogP contribution in [0.4, 0.5) is 0 Å². The Morgan fingerprint density at radius 2 is 1.41 bits per heavy atom. The maximum Gasteiger partial charge on any atom is 0.358 e. The summed E-state index contributed by atoms with van der Waals surface area (Å²) in [4.78, 5) is 1.70. The summed E-state index contributed by atoms with van der Waals surface area (Å²) in [6, 6.07) is 15.5. The lowest BCUT2D eigenvalue weighted by molar-refractivity contribution is 0.142. The molecule has 0 saturated heterocycles. The van der Waals surface area contributed by atoms with Gasteiger partial charge in [0, 0.05) is 55.8 Å². The molecule has 54 heavy (non-hydrogen) atoms. The molecule has 0 heterocycles. The molecule has 2 aromatic carbocycles. The number of nitrogens with two attached hydrogens (primary N) is 3. The van der Waals surface area contributed by atoms with Gasteiger partial charge in [-0.3, -0.25) is 14.0 Å². The molecule has 14 nitrogen and oxygen atoms in total. The van der Waals surface area contributed by atoms with Crippen LogP contribution in [0.2, 0.25) is 0 Å². The minimum absolute atomic E-state index is 0.0781. The van der Waals surface area contributed by atoms with Crippen molar-refractivity contribution < 1.29 is 36.7 Å². The van der Waals surface area contributed by atoms with Gasteiger partial charge in [-0.2, -0.15) is 0 Å². The average molecular weight is 888 g/mol. The minimum atomic E-state index is -3.42. The van der Waals surface area contributed by atoms with Crippen molar-refractivity contribution in [1.82, 2.24) is 9.68 Å². The highest BCUT2D eigenvalue weighted by Gasteiger charge is 2.45. The Hall–Kier alpha value is -0.540. The summed E-state index contributed by atoms with van der Waals surface area (Å²) in [5, 5.41) is 3.50. The van der Waals surface area contributed by atoms with E-state index in [1.165, 1.54) is 28.4 Å². The SMILES string of the molecule is CCCCC(CC)(Oc1ccc(/C=N/N(C)[P+](=S)C(C)(CC)Oc2ccc(CCN(CP(=O)(OC)OC)CP(=O)(OC)OC)cc2)cc1)P(N)P(N)PN. The molecule has 6 atom stereocenters. The van der Waals surface area contributed by atoms with Crippen LogP contribution in [0.15, 0.2) is 53.6 Å². The van der Waals surface area contributed by atoms with E-state index in [-0.39, 0.29) is 21.0 Å². The Labute approximate surface area is 333 Å². The van der Waals surface area contributed by atoms with Gasteiger partial charge in [0.2, 0.25) is 0 Å². The molecule has 0 aliphatic heterocycles. The van der Waals surface area contributed by atoms with Crippen molar-refractivity contribution in [2.75, 3.05) is 54.6 Å². The van der Waals surface area contributed by atoms with Crippen molar-refractivity contribution in [2.24, 2.45) is 21.6 Å². The second kappa shape index (κ2) is 23.8. The molecule has 0 fully saturated rings. The molecule has 2 rings (SSSR count). The first-order valence-electron chi connectivity index (χ1n) is 17.6. The molecule has 0 amide bonds. The summed E-state index contributed by atoms with van der Waals surface area (Å²) in [7, 11) is -1.64. The molecule has 0 aliphatic carbocycles. The summed E-state index contributed by atoms with van der Waals surface area (Å²) in [5.41, 5.74) is 20.9. The summed E-state index contributed by atoms with van der Waals surface area (Å²) < 4.78 is 61.2. The number of hydrogen-bond acceptors (Lipinski definition) is 14. The predicted molar refractivity (Wildman–Crippen MR) is 233 cm³/mol. The van der Waals surface area contributed by atoms with Gasteiger partial charge in [0.25, 0.3) is 5.34 Å². The van der Waals surface area contributed by atoms with E-state index in [2.05, 4.69) is 13.8 Å². The molecule has 0 aliphatic rings. The first-order valence-corrected chi connectivity index (χ1v) is 28.8. The first-order chi connectivity index (χ1) is 25.5. The van der Waals surface area contributed by atoms with Gasteiger partial charge in [0.15, 0.2) is 11.8 Å². The fourth-order valence-corrected chi connectivity index (χ4v) is 16.1. The van der Waals surface area contributed by atoms with Crippen LogP contribution >= 0.6 is 45.7 Å². The molecule has 0 spiro atoms. The maximum absolute atomic E-state index is 12.9. The van der Waals surface area contributed by atoms with Crippen LogP contribution in [-0.4, -0.2) is 81.2 Å². The van der Waals surface area contributed by atoms with E-state index in [4.69, 9.17) is 61.0 Å². The van der Waals surface area contributed by atoms with Gasteiger partial charge in [-0.15, -0.1) is 9.88 Å². The van der Waals surface area contributed by atoms with E-state index < -0.39 is 47.9 Å². The zero-order chi connectivity index (χ0) is 40.6. The van der Waals surface area contributed by atoms with E-state index >= 15 is 0 Å². The predicted octanol–water partition coefficient (Wildman–Crippen LogP) is 9.52. The average Bonchev–Trinajstić information content (AvgIpc) is 3.20. The summed E-state index contributed by atoms with van der Waals surface area (Å²) >= 11 is 6.03. The standard InChI is InChI=1S/C33H61N6O8P6S/c1-10-13-23-33(12-3,49(35)51(36)48-34)47-31-20-16-29(17-21-31)25-37-38(5)50(54)32(4,11-2)46-30-18-14-28(15-19-30)22-24-39(26-52(40,42-6)43-7)27-53(41,44-8)45-9/h14-21,25,48H,10-13,22-24,26-27,34-36H2,1-9H3/q+1/b37-25+. The Morgan fingerprint density at radius 3 is 1.87 bits per heavy atom. The zero-order valence-electron chi connectivity index (χ0n) is 33.0. The number of hydrazone groups is 1. The van der Waals surface area contributed by atoms with Crippen molar-refractivity contribution in [2.45, 2.75) is 76.9 Å². The molecule has 2 aromatic rings. The van der Waals surface area contributed by atoms with Gasteiger partial charge in [-0.05, 0) is 81.6 Å².